The van der Waals surface area contributed by atoms with Crippen LogP contribution >= 0.6 is 0 Å². The van der Waals surface area contributed by atoms with Crippen molar-refractivity contribution in [2.24, 2.45) is 0 Å². The van der Waals surface area contributed by atoms with Gasteiger partial charge in [0.05, 0.1) is 12.1 Å². The molecule has 1 atom stereocenters. The van der Waals surface area contributed by atoms with Crippen LogP contribution in [0.5, 0.6) is 0 Å². The summed E-state index contributed by atoms with van der Waals surface area (Å²) in [7, 11) is 0. The number of alkyl halides is 3. The average Bonchev–Trinajstić information content (AvgIpc) is 2.98. The summed E-state index contributed by atoms with van der Waals surface area (Å²) < 4.78 is 42.3. The Kier molecular flexibility index (Phi) is 5.02. The van der Waals surface area contributed by atoms with Crippen molar-refractivity contribution in [3.05, 3.63) is 29.8 Å². The number of carbonyl (C=O) groups excluding carboxylic acids is 2. The number of anilines is 1. The Morgan fingerprint density at radius 1 is 1.23 bits per heavy atom. The SMILES string of the molecule is O=C(CNC(=O)C1CCCO1)Nc1ccc(C(F)(F)F)cc1. The second-order valence-electron chi connectivity index (χ2n) is 4.84. The summed E-state index contributed by atoms with van der Waals surface area (Å²) in [5.41, 5.74) is -0.568. The zero-order chi connectivity index (χ0) is 16.2. The van der Waals surface area contributed by atoms with Gasteiger partial charge in [-0.1, -0.05) is 0 Å². The molecule has 2 N–H and O–H groups in total. The monoisotopic (exact) mass is 316 g/mol. The van der Waals surface area contributed by atoms with Crippen LogP contribution in [-0.2, 0) is 20.5 Å². The maximum absolute atomic E-state index is 12.4. The van der Waals surface area contributed by atoms with Gasteiger partial charge in [-0.2, -0.15) is 13.2 Å². The molecule has 8 heteroatoms. The van der Waals surface area contributed by atoms with Crippen molar-refractivity contribution in [1.82, 2.24) is 5.32 Å². The zero-order valence-corrected chi connectivity index (χ0v) is 11.6. The fourth-order valence-electron chi connectivity index (χ4n) is 2.01. The first-order valence-corrected chi connectivity index (χ1v) is 6.72. The number of halogens is 3. The zero-order valence-electron chi connectivity index (χ0n) is 11.6. The third-order valence-corrected chi connectivity index (χ3v) is 3.14. The molecule has 0 aromatic heterocycles. The van der Waals surface area contributed by atoms with Crippen LogP contribution in [0.2, 0.25) is 0 Å². The molecule has 1 heterocycles. The number of rotatable bonds is 4. The van der Waals surface area contributed by atoms with Gasteiger partial charge in [-0.05, 0) is 37.1 Å². The molecule has 0 spiro atoms. The summed E-state index contributed by atoms with van der Waals surface area (Å²) in [6.07, 6.45) is -3.53. The molecule has 0 bridgehead atoms. The minimum atomic E-state index is -4.42. The molecule has 5 nitrogen and oxygen atoms in total. The highest BCUT2D eigenvalue weighted by Gasteiger charge is 2.30. The fourth-order valence-corrected chi connectivity index (χ4v) is 2.01. The first-order chi connectivity index (χ1) is 10.4. The summed E-state index contributed by atoms with van der Waals surface area (Å²) in [6.45, 7) is 0.259. The van der Waals surface area contributed by atoms with Crippen LogP contribution in [0.4, 0.5) is 18.9 Å². The highest BCUT2D eigenvalue weighted by Crippen LogP contribution is 2.29. The third kappa shape index (κ3) is 4.45. The van der Waals surface area contributed by atoms with E-state index in [4.69, 9.17) is 4.74 Å². The van der Waals surface area contributed by atoms with E-state index < -0.39 is 23.8 Å². The Morgan fingerprint density at radius 3 is 2.45 bits per heavy atom. The molecule has 120 valence electrons. The number of carbonyl (C=O) groups is 2. The van der Waals surface area contributed by atoms with E-state index in [9.17, 15) is 22.8 Å². The smallest absolute Gasteiger partial charge is 0.368 e. The van der Waals surface area contributed by atoms with E-state index in [-0.39, 0.29) is 18.1 Å². The summed E-state index contributed by atoms with van der Waals surface area (Å²) in [6, 6.07) is 4.06. The van der Waals surface area contributed by atoms with Crippen LogP contribution in [0.3, 0.4) is 0 Å². The molecular formula is C14H15F3N2O3. The summed E-state index contributed by atoms with van der Waals surface area (Å²) in [5, 5.41) is 4.83. The van der Waals surface area contributed by atoms with Gasteiger partial charge in [-0.15, -0.1) is 0 Å². The second-order valence-corrected chi connectivity index (χ2v) is 4.84. The predicted octanol–water partition coefficient (Wildman–Crippen LogP) is 1.94. The van der Waals surface area contributed by atoms with Crippen LogP contribution in [0.15, 0.2) is 24.3 Å². The lowest BCUT2D eigenvalue weighted by molar-refractivity contribution is -0.137. The van der Waals surface area contributed by atoms with Crippen LogP contribution < -0.4 is 10.6 Å². The molecule has 1 fully saturated rings. The number of ether oxygens (including phenoxy) is 1. The molecule has 22 heavy (non-hydrogen) atoms. The van der Waals surface area contributed by atoms with Gasteiger partial charge in [0.2, 0.25) is 11.8 Å². The molecule has 1 aromatic carbocycles. The Hall–Kier alpha value is -2.09. The third-order valence-electron chi connectivity index (χ3n) is 3.14. The van der Waals surface area contributed by atoms with Gasteiger partial charge in [0.15, 0.2) is 0 Å². The minimum absolute atomic E-state index is 0.226. The number of hydrogen-bond acceptors (Lipinski definition) is 3. The van der Waals surface area contributed by atoms with Crippen LogP contribution in [0, 0.1) is 0 Å². The van der Waals surface area contributed by atoms with Crippen molar-refractivity contribution in [1.29, 1.82) is 0 Å². The van der Waals surface area contributed by atoms with Gasteiger partial charge in [0.1, 0.15) is 6.10 Å². The fraction of sp³-hybridized carbons (Fsp3) is 0.429. The molecule has 2 amide bonds. The Balaban J connectivity index is 1.80. The second kappa shape index (κ2) is 6.78. The molecule has 2 rings (SSSR count). The van der Waals surface area contributed by atoms with E-state index in [1.54, 1.807) is 0 Å². The first kappa shape index (κ1) is 16.3. The Morgan fingerprint density at radius 2 is 1.91 bits per heavy atom. The lowest BCUT2D eigenvalue weighted by Gasteiger charge is -2.11. The van der Waals surface area contributed by atoms with Crippen LogP contribution in [0.1, 0.15) is 18.4 Å². The van der Waals surface area contributed by atoms with E-state index in [0.717, 1.165) is 30.7 Å². The van der Waals surface area contributed by atoms with Gasteiger partial charge in [0.25, 0.3) is 0 Å². The number of nitrogens with one attached hydrogen (secondary N) is 2. The van der Waals surface area contributed by atoms with Crippen molar-refractivity contribution >= 4 is 17.5 Å². The Labute approximate surface area is 124 Å². The number of amides is 2. The molecule has 0 aliphatic carbocycles. The normalized spacial score (nSPS) is 18.0. The highest BCUT2D eigenvalue weighted by atomic mass is 19.4. The van der Waals surface area contributed by atoms with E-state index >= 15 is 0 Å². The maximum Gasteiger partial charge on any atom is 0.416 e. The molecule has 1 aromatic rings. The molecule has 1 saturated heterocycles. The van der Waals surface area contributed by atoms with Crippen molar-refractivity contribution < 1.29 is 27.5 Å². The van der Waals surface area contributed by atoms with Gasteiger partial charge in [-0.25, -0.2) is 0 Å². The lowest BCUT2D eigenvalue weighted by Crippen LogP contribution is -2.39. The predicted molar refractivity (Wildman–Crippen MR) is 72.1 cm³/mol. The van der Waals surface area contributed by atoms with Gasteiger partial charge >= 0.3 is 6.18 Å². The average molecular weight is 316 g/mol. The summed E-state index contributed by atoms with van der Waals surface area (Å²) in [4.78, 5) is 23.2. The van der Waals surface area contributed by atoms with E-state index in [1.807, 2.05) is 0 Å². The lowest BCUT2D eigenvalue weighted by atomic mass is 10.2. The van der Waals surface area contributed by atoms with Crippen LogP contribution in [0.25, 0.3) is 0 Å². The molecule has 0 saturated carbocycles. The molecule has 0 radical (unpaired) electrons. The molecule has 1 aliphatic heterocycles. The highest BCUT2D eigenvalue weighted by molar-refractivity contribution is 5.95. The minimum Gasteiger partial charge on any atom is -0.368 e. The standard InChI is InChI=1S/C14H15F3N2O3/c15-14(16,17)9-3-5-10(6-4-9)19-12(20)8-18-13(21)11-2-1-7-22-11/h3-6,11H,1-2,7-8H2,(H,18,21)(H,19,20). The number of hydrogen-bond donors (Lipinski definition) is 2. The van der Waals surface area contributed by atoms with Gasteiger partial charge in [-0.3, -0.25) is 9.59 Å². The Bertz CT molecular complexity index is 537. The topological polar surface area (TPSA) is 67.4 Å². The van der Waals surface area contributed by atoms with Crippen molar-refractivity contribution in [3.8, 4) is 0 Å². The summed E-state index contributed by atoms with van der Waals surface area (Å²) >= 11 is 0. The van der Waals surface area contributed by atoms with Gasteiger partial charge < -0.3 is 15.4 Å². The summed E-state index contributed by atoms with van der Waals surface area (Å²) in [5.74, 6) is -0.883. The maximum atomic E-state index is 12.4. The largest absolute Gasteiger partial charge is 0.416 e. The van der Waals surface area contributed by atoms with Crippen LogP contribution in [-0.4, -0.2) is 31.1 Å². The van der Waals surface area contributed by atoms with Crippen molar-refractivity contribution in [2.45, 2.75) is 25.1 Å². The van der Waals surface area contributed by atoms with Crippen molar-refractivity contribution in [2.75, 3.05) is 18.5 Å². The molecular weight excluding hydrogens is 301 g/mol. The molecule has 1 aliphatic rings. The number of benzene rings is 1. The van der Waals surface area contributed by atoms with E-state index in [2.05, 4.69) is 10.6 Å². The first-order valence-electron chi connectivity index (χ1n) is 6.72. The molecule has 1 unspecified atom stereocenters. The van der Waals surface area contributed by atoms with Gasteiger partial charge in [0, 0.05) is 12.3 Å². The van der Waals surface area contributed by atoms with E-state index in [0.29, 0.717) is 13.0 Å². The van der Waals surface area contributed by atoms with Crippen molar-refractivity contribution in [3.63, 3.8) is 0 Å². The quantitative estimate of drug-likeness (QED) is 0.892. The van der Waals surface area contributed by atoms with E-state index in [1.165, 1.54) is 0 Å².